The molecule has 2 aliphatic rings. The van der Waals surface area contributed by atoms with Crippen LogP contribution in [0.1, 0.15) is 58.6 Å². The Morgan fingerprint density at radius 2 is 2.11 bits per heavy atom. The number of alkyl carbamates (subject to hydrolysis) is 1. The summed E-state index contributed by atoms with van der Waals surface area (Å²) in [6.45, 7) is 11.5. The predicted molar refractivity (Wildman–Crippen MR) is 107 cm³/mol. The SMILES string of the molecule is CCNC(=NCc1nnc2n1CCCC2)N1CCC(NC(=O)OC(C)(C)C)C1. The van der Waals surface area contributed by atoms with Gasteiger partial charge in [-0.25, -0.2) is 9.79 Å². The standard InChI is InChI=1S/C19H33N7O2/c1-5-20-17(21-12-16-24-23-15-8-6-7-10-26(15)16)25-11-9-14(13-25)22-18(27)28-19(2,3)4/h14H,5-13H2,1-4H3,(H,20,21)(H,22,27). The highest BCUT2D eigenvalue weighted by molar-refractivity contribution is 5.80. The molecule has 1 aromatic rings. The third kappa shape index (κ3) is 5.36. The number of carbonyl (C=O) groups is 1. The van der Waals surface area contributed by atoms with Gasteiger partial charge in [-0.1, -0.05) is 0 Å². The van der Waals surface area contributed by atoms with E-state index in [1.807, 2.05) is 20.8 Å². The van der Waals surface area contributed by atoms with Crippen LogP contribution in [0, 0.1) is 0 Å². The number of guanidine groups is 1. The fourth-order valence-electron chi connectivity index (χ4n) is 3.60. The van der Waals surface area contributed by atoms with Crippen molar-refractivity contribution >= 4 is 12.1 Å². The quantitative estimate of drug-likeness (QED) is 0.599. The largest absolute Gasteiger partial charge is 0.444 e. The van der Waals surface area contributed by atoms with Crippen LogP contribution in [0.25, 0.3) is 0 Å². The normalized spacial score (nSPS) is 20.1. The zero-order valence-corrected chi connectivity index (χ0v) is 17.5. The molecule has 1 amide bonds. The van der Waals surface area contributed by atoms with Crippen LogP contribution >= 0.6 is 0 Å². The van der Waals surface area contributed by atoms with Crippen LogP contribution in [0.15, 0.2) is 4.99 Å². The summed E-state index contributed by atoms with van der Waals surface area (Å²) in [4.78, 5) is 19.0. The molecule has 1 saturated heterocycles. The van der Waals surface area contributed by atoms with Gasteiger partial charge in [0, 0.05) is 32.6 Å². The molecule has 3 heterocycles. The highest BCUT2D eigenvalue weighted by atomic mass is 16.6. The number of nitrogens with zero attached hydrogens (tertiary/aromatic N) is 5. The molecule has 0 aliphatic carbocycles. The van der Waals surface area contributed by atoms with Crippen molar-refractivity contribution in [3.63, 3.8) is 0 Å². The van der Waals surface area contributed by atoms with Crippen molar-refractivity contribution in [2.24, 2.45) is 4.99 Å². The van der Waals surface area contributed by atoms with Crippen molar-refractivity contribution < 1.29 is 9.53 Å². The van der Waals surface area contributed by atoms with Crippen molar-refractivity contribution in [2.75, 3.05) is 19.6 Å². The molecule has 9 nitrogen and oxygen atoms in total. The Labute approximate surface area is 166 Å². The molecule has 3 rings (SSSR count). The third-order valence-corrected chi connectivity index (χ3v) is 4.85. The minimum Gasteiger partial charge on any atom is -0.444 e. The van der Waals surface area contributed by atoms with Crippen molar-refractivity contribution in [1.29, 1.82) is 0 Å². The third-order valence-electron chi connectivity index (χ3n) is 4.85. The molecule has 0 bridgehead atoms. The smallest absolute Gasteiger partial charge is 0.407 e. The Bertz CT molecular complexity index is 708. The molecule has 1 unspecified atom stereocenters. The Hall–Kier alpha value is -2.32. The average molecular weight is 392 g/mol. The van der Waals surface area contributed by atoms with Gasteiger partial charge in [-0.2, -0.15) is 0 Å². The minimum atomic E-state index is -0.490. The van der Waals surface area contributed by atoms with Crippen LogP contribution in [-0.2, 0) is 24.2 Å². The van der Waals surface area contributed by atoms with Gasteiger partial charge in [0.2, 0.25) is 0 Å². The van der Waals surface area contributed by atoms with Gasteiger partial charge in [0.15, 0.2) is 11.8 Å². The van der Waals surface area contributed by atoms with Crippen LogP contribution in [0.3, 0.4) is 0 Å². The molecule has 156 valence electrons. The molecule has 2 aliphatic heterocycles. The van der Waals surface area contributed by atoms with E-state index in [-0.39, 0.29) is 12.1 Å². The van der Waals surface area contributed by atoms with E-state index in [2.05, 4.69) is 37.2 Å². The van der Waals surface area contributed by atoms with Crippen LogP contribution in [0.4, 0.5) is 4.79 Å². The first kappa shape index (κ1) is 20.4. The molecule has 0 aromatic carbocycles. The molecular formula is C19H33N7O2. The zero-order valence-electron chi connectivity index (χ0n) is 17.5. The van der Waals surface area contributed by atoms with Gasteiger partial charge in [0.25, 0.3) is 0 Å². The summed E-state index contributed by atoms with van der Waals surface area (Å²) in [5, 5.41) is 14.9. The summed E-state index contributed by atoms with van der Waals surface area (Å²) < 4.78 is 7.56. The van der Waals surface area contributed by atoms with Crippen molar-refractivity contribution in [1.82, 2.24) is 30.3 Å². The lowest BCUT2D eigenvalue weighted by Gasteiger charge is -2.23. The first-order valence-corrected chi connectivity index (χ1v) is 10.3. The Balaban J connectivity index is 1.59. The van der Waals surface area contributed by atoms with Gasteiger partial charge in [0.05, 0.1) is 6.04 Å². The summed E-state index contributed by atoms with van der Waals surface area (Å²) in [7, 11) is 0. The molecular weight excluding hydrogens is 358 g/mol. The number of rotatable bonds is 4. The lowest BCUT2D eigenvalue weighted by Crippen LogP contribution is -2.44. The molecule has 0 radical (unpaired) electrons. The minimum absolute atomic E-state index is 0.0551. The molecule has 0 saturated carbocycles. The Morgan fingerprint density at radius 3 is 2.86 bits per heavy atom. The zero-order chi connectivity index (χ0) is 20.1. The van der Waals surface area contributed by atoms with Gasteiger partial charge < -0.3 is 24.8 Å². The second kappa shape index (κ2) is 8.79. The van der Waals surface area contributed by atoms with Crippen molar-refractivity contribution in [2.45, 2.75) is 78.1 Å². The summed E-state index contributed by atoms with van der Waals surface area (Å²) >= 11 is 0. The van der Waals surface area contributed by atoms with E-state index < -0.39 is 5.60 Å². The lowest BCUT2D eigenvalue weighted by molar-refractivity contribution is 0.0507. The fraction of sp³-hybridized carbons (Fsp3) is 0.789. The van der Waals surface area contributed by atoms with Crippen LogP contribution in [0.5, 0.6) is 0 Å². The number of aryl methyl sites for hydroxylation is 1. The van der Waals surface area contributed by atoms with Crippen molar-refractivity contribution in [3.05, 3.63) is 11.6 Å². The average Bonchev–Trinajstić information content (AvgIpc) is 3.24. The molecule has 2 N–H and O–H groups in total. The second-order valence-electron chi connectivity index (χ2n) is 8.39. The monoisotopic (exact) mass is 391 g/mol. The molecule has 1 aromatic heterocycles. The predicted octanol–water partition coefficient (Wildman–Crippen LogP) is 1.68. The number of carbonyl (C=O) groups excluding carboxylic acids is 1. The number of hydrogen-bond acceptors (Lipinski definition) is 5. The van der Waals surface area contributed by atoms with Gasteiger partial charge in [-0.3, -0.25) is 0 Å². The van der Waals surface area contributed by atoms with E-state index in [1.165, 1.54) is 12.8 Å². The maximum Gasteiger partial charge on any atom is 0.407 e. The first-order valence-electron chi connectivity index (χ1n) is 10.3. The molecule has 1 fully saturated rings. The van der Waals surface area contributed by atoms with Gasteiger partial charge >= 0.3 is 6.09 Å². The fourth-order valence-corrected chi connectivity index (χ4v) is 3.60. The molecule has 0 spiro atoms. The van der Waals surface area contributed by atoms with Crippen LogP contribution < -0.4 is 10.6 Å². The lowest BCUT2D eigenvalue weighted by atomic mass is 10.2. The highest BCUT2D eigenvalue weighted by Crippen LogP contribution is 2.16. The van der Waals surface area contributed by atoms with E-state index in [0.29, 0.717) is 13.1 Å². The van der Waals surface area contributed by atoms with E-state index in [0.717, 1.165) is 50.1 Å². The van der Waals surface area contributed by atoms with Gasteiger partial charge in [-0.05, 0) is 47.0 Å². The number of aliphatic imine (C=N–C) groups is 1. The maximum absolute atomic E-state index is 12.0. The molecule has 28 heavy (non-hydrogen) atoms. The number of fused-ring (bicyclic) bond motifs is 1. The Morgan fingerprint density at radius 1 is 1.29 bits per heavy atom. The van der Waals surface area contributed by atoms with Crippen LogP contribution in [-0.4, -0.2) is 63.0 Å². The molecule has 9 heteroatoms. The van der Waals surface area contributed by atoms with E-state index in [1.54, 1.807) is 0 Å². The van der Waals surface area contributed by atoms with E-state index >= 15 is 0 Å². The number of amides is 1. The van der Waals surface area contributed by atoms with E-state index in [4.69, 9.17) is 9.73 Å². The number of aromatic nitrogens is 3. The number of nitrogens with one attached hydrogen (secondary N) is 2. The van der Waals surface area contributed by atoms with E-state index in [9.17, 15) is 4.79 Å². The van der Waals surface area contributed by atoms with Gasteiger partial charge in [0.1, 0.15) is 18.0 Å². The number of ether oxygens (including phenoxy) is 1. The van der Waals surface area contributed by atoms with Crippen molar-refractivity contribution in [3.8, 4) is 0 Å². The van der Waals surface area contributed by atoms with Gasteiger partial charge in [-0.15, -0.1) is 10.2 Å². The second-order valence-corrected chi connectivity index (χ2v) is 8.39. The summed E-state index contributed by atoms with van der Waals surface area (Å²) in [6, 6.07) is 0.0551. The Kier molecular flexibility index (Phi) is 6.41. The first-order chi connectivity index (χ1) is 13.4. The summed E-state index contributed by atoms with van der Waals surface area (Å²) in [6.07, 6.45) is 3.86. The highest BCUT2D eigenvalue weighted by Gasteiger charge is 2.28. The van der Waals surface area contributed by atoms with Crippen LogP contribution in [0.2, 0.25) is 0 Å². The topological polar surface area (TPSA) is 96.7 Å². The summed E-state index contributed by atoms with van der Waals surface area (Å²) in [5.41, 5.74) is -0.490. The number of likely N-dealkylation sites (tertiary alicyclic amines) is 1. The molecule has 1 atom stereocenters. The number of hydrogen-bond donors (Lipinski definition) is 2. The summed E-state index contributed by atoms with van der Waals surface area (Å²) in [5.74, 6) is 2.85. The maximum atomic E-state index is 12.0.